The van der Waals surface area contributed by atoms with Gasteiger partial charge < -0.3 is 5.73 Å². The van der Waals surface area contributed by atoms with Crippen LogP contribution in [0.3, 0.4) is 0 Å². The largest absolute Gasteiger partial charge is 0.401 e. The molecule has 0 aromatic rings. The number of nitriles is 1. The third kappa shape index (κ3) is 3.10. The van der Waals surface area contributed by atoms with Crippen LogP contribution in [-0.2, 0) is 0 Å². The van der Waals surface area contributed by atoms with E-state index in [1.807, 2.05) is 19.9 Å². The van der Waals surface area contributed by atoms with Gasteiger partial charge in [0.25, 0.3) is 0 Å². The summed E-state index contributed by atoms with van der Waals surface area (Å²) in [6, 6.07) is 2.03. The van der Waals surface area contributed by atoms with Gasteiger partial charge >= 0.3 is 0 Å². The Morgan fingerprint density at radius 3 is 2.50 bits per heavy atom. The molecule has 0 aromatic heterocycles. The van der Waals surface area contributed by atoms with Crippen LogP contribution in [0.4, 0.5) is 0 Å². The van der Waals surface area contributed by atoms with Crippen molar-refractivity contribution in [3.8, 4) is 6.07 Å². The Balaban J connectivity index is 0.000000561. The van der Waals surface area contributed by atoms with Gasteiger partial charge in [0, 0.05) is 5.70 Å². The predicted molar refractivity (Wildman–Crippen MR) is 54.4 cm³/mol. The highest BCUT2D eigenvalue weighted by Crippen LogP contribution is 2.23. The monoisotopic (exact) mass is 228 g/mol. The van der Waals surface area contributed by atoms with Crippen LogP contribution in [0.5, 0.6) is 0 Å². The van der Waals surface area contributed by atoms with Gasteiger partial charge in [0.15, 0.2) is 0 Å². The van der Waals surface area contributed by atoms with Crippen LogP contribution in [0, 0.1) is 11.3 Å². The average Bonchev–Trinajstić information content (AvgIpc) is 2.13. The maximum atomic E-state index is 8.53. The van der Waals surface area contributed by atoms with Gasteiger partial charge in [0.2, 0.25) is 0 Å². The van der Waals surface area contributed by atoms with Gasteiger partial charge in [0.1, 0.15) is 6.07 Å². The topological polar surface area (TPSA) is 49.8 Å². The third-order valence-electron chi connectivity index (χ3n) is 1.40. The normalized spacial score (nSPS) is 15.7. The van der Waals surface area contributed by atoms with Gasteiger partial charge in [-0.05, 0) is 23.4 Å². The van der Waals surface area contributed by atoms with Crippen molar-refractivity contribution in [1.82, 2.24) is 0 Å². The quantitative estimate of drug-likeness (QED) is 0.694. The molecule has 2 N–H and O–H groups in total. The molecule has 0 amide bonds. The first-order valence-corrected chi connectivity index (χ1v) is 4.78. The Kier molecular flexibility index (Phi) is 5.48. The molecule has 1 aliphatic carbocycles. The molecular formula is C9H13BrN2. The molecule has 12 heavy (non-hydrogen) atoms. The van der Waals surface area contributed by atoms with Crippen LogP contribution in [-0.4, -0.2) is 0 Å². The van der Waals surface area contributed by atoms with E-state index in [2.05, 4.69) is 15.9 Å². The number of allylic oxidation sites excluding steroid dienone is 4. The van der Waals surface area contributed by atoms with E-state index in [0.29, 0.717) is 11.3 Å². The molecule has 0 saturated carbocycles. The summed E-state index contributed by atoms with van der Waals surface area (Å²) < 4.78 is 1.05. The first kappa shape index (κ1) is 11.2. The second-order valence-electron chi connectivity index (χ2n) is 2.14. The van der Waals surface area contributed by atoms with Crippen molar-refractivity contribution in [2.75, 3.05) is 0 Å². The lowest BCUT2D eigenvalue weighted by Gasteiger charge is -2.08. The smallest absolute Gasteiger partial charge is 0.101 e. The fourth-order valence-corrected chi connectivity index (χ4v) is 1.24. The number of hydrogen-bond acceptors (Lipinski definition) is 2. The second-order valence-corrected chi connectivity index (χ2v) is 3.16. The highest BCUT2D eigenvalue weighted by atomic mass is 79.9. The van der Waals surface area contributed by atoms with Crippen molar-refractivity contribution >= 4 is 15.9 Å². The van der Waals surface area contributed by atoms with Gasteiger partial charge in [-0.2, -0.15) is 5.26 Å². The summed E-state index contributed by atoms with van der Waals surface area (Å²) in [7, 11) is 0. The molecule has 2 nitrogen and oxygen atoms in total. The fraction of sp³-hybridized carbons (Fsp3) is 0.444. The van der Waals surface area contributed by atoms with Crippen molar-refractivity contribution in [1.29, 1.82) is 5.26 Å². The number of rotatable bonds is 0. The molecule has 3 heteroatoms. The minimum Gasteiger partial charge on any atom is -0.401 e. The summed E-state index contributed by atoms with van der Waals surface area (Å²) in [6.07, 6.45) is 3.48. The van der Waals surface area contributed by atoms with Crippen molar-refractivity contribution < 1.29 is 0 Å². The first-order chi connectivity index (χ1) is 5.74. The van der Waals surface area contributed by atoms with Gasteiger partial charge in [-0.15, -0.1) is 0 Å². The van der Waals surface area contributed by atoms with E-state index in [-0.39, 0.29) is 0 Å². The number of nitrogens with zero attached hydrogens (tertiary/aromatic N) is 1. The van der Waals surface area contributed by atoms with Crippen LogP contribution in [0.1, 0.15) is 26.7 Å². The molecule has 66 valence electrons. The van der Waals surface area contributed by atoms with E-state index in [4.69, 9.17) is 11.0 Å². The number of nitrogens with two attached hydrogens (primary N) is 1. The first-order valence-electron chi connectivity index (χ1n) is 3.99. The molecule has 0 spiro atoms. The van der Waals surface area contributed by atoms with E-state index < -0.39 is 0 Å². The lowest BCUT2D eigenvalue weighted by molar-refractivity contribution is 0.924. The van der Waals surface area contributed by atoms with Gasteiger partial charge in [0.05, 0.1) is 5.57 Å². The zero-order valence-corrected chi connectivity index (χ0v) is 8.98. The van der Waals surface area contributed by atoms with Gasteiger partial charge in [-0.3, -0.25) is 0 Å². The zero-order valence-electron chi connectivity index (χ0n) is 7.39. The second kappa shape index (κ2) is 5.84. The van der Waals surface area contributed by atoms with Crippen LogP contribution in [0.15, 0.2) is 21.8 Å². The Morgan fingerprint density at radius 2 is 2.08 bits per heavy atom. The lowest BCUT2D eigenvalue weighted by Crippen LogP contribution is -2.04. The highest BCUT2D eigenvalue weighted by molar-refractivity contribution is 9.11. The lowest BCUT2D eigenvalue weighted by atomic mass is 10.1. The highest BCUT2D eigenvalue weighted by Gasteiger charge is 2.07. The average molecular weight is 229 g/mol. The standard InChI is InChI=1S/C7H7BrN2.C2H6/c8-6-1-2-7(10)5(3-6)4-9;1-2/h3H,1-2,10H2;1-2H3. The fourth-order valence-electron chi connectivity index (χ4n) is 0.814. The summed E-state index contributed by atoms with van der Waals surface area (Å²) in [6.45, 7) is 4.00. The maximum absolute atomic E-state index is 8.53. The van der Waals surface area contributed by atoms with E-state index >= 15 is 0 Å². The molecule has 1 aliphatic rings. The molecule has 0 heterocycles. The van der Waals surface area contributed by atoms with Crippen LogP contribution in [0.2, 0.25) is 0 Å². The van der Waals surface area contributed by atoms with Crippen molar-refractivity contribution in [3.63, 3.8) is 0 Å². The van der Waals surface area contributed by atoms with Crippen molar-refractivity contribution in [2.24, 2.45) is 5.73 Å². The zero-order chi connectivity index (χ0) is 9.56. The Bertz CT molecular complexity index is 246. The molecular weight excluding hydrogens is 216 g/mol. The molecule has 0 radical (unpaired) electrons. The third-order valence-corrected chi connectivity index (χ3v) is 2.03. The maximum Gasteiger partial charge on any atom is 0.101 e. The minimum atomic E-state index is 0.595. The molecule has 0 aliphatic heterocycles. The predicted octanol–water partition coefficient (Wildman–Crippen LogP) is 2.82. The molecule has 0 saturated heterocycles. The summed E-state index contributed by atoms with van der Waals surface area (Å²) in [5, 5.41) is 8.53. The summed E-state index contributed by atoms with van der Waals surface area (Å²) in [5.41, 5.74) is 6.84. The van der Waals surface area contributed by atoms with E-state index in [1.54, 1.807) is 6.08 Å². The molecule has 0 unspecified atom stereocenters. The molecule has 1 rings (SSSR count). The van der Waals surface area contributed by atoms with E-state index in [9.17, 15) is 0 Å². The Morgan fingerprint density at radius 1 is 1.50 bits per heavy atom. The van der Waals surface area contributed by atoms with Gasteiger partial charge in [-0.1, -0.05) is 29.8 Å². The molecule has 0 bridgehead atoms. The van der Waals surface area contributed by atoms with E-state index in [1.165, 1.54) is 0 Å². The Labute approximate surface area is 81.9 Å². The van der Waals surface area contributed by atoms with Crippen LogP contribution in [0.25, 0.3) is 0 Å². The van der Waals surface area contributed by atoms with Crippen LogP contribution >= 0.6 is 15.9 Å². The van der Waals surface area contributed by atoms with Crippen molar-refractivity contribution in [2.45, 2.75) is 26.7 Å². The summed E-state index contributed by atoms with van der Waals surface area (Å²) >= 11 is 3.32. The summed E-state index contributed by atoms with van der Waals surface area (Å²) in [4.78, 5) is 0. The van der Waals surface area contributed by atoms with E-state index in [0.717, 1.165) is 17.3 Å². The molecule has 0 fully saturated rings. The van der Waals surface area contributed by atoms with Crippen molar-refractivity contribution in [3.05, 3.63) is 21.8 Å². The minimum absolute atomic E-state index is 0.595. The molecule has 0 aromatic carbocycles. The summed E-state index contributed by atoms with van der Waals surface area (Å²) in [5.74, 6) is 0. The Hall–Kier alpha value is -0.750. The number of hydrogen-bond donors (Lipinski definition) is 1. The molecule has 0 atom stereocenters. The van der Waals surface area contributed by atoms with Gasteiger partial charge in [-0.25, -0.2) is 0 Å². The number of halogens is 1. The SMILES string of the molecule is CC.N#CC1=C(N)CCC(Br)=C1. The van der Waals surface area contributed by atoms with Crippen LogP contribution < -0.4 is 5.73 Å².